The molecule has 0 aliphatic carbocycles. The van der Waals surface area contributed by atoms with E-state index in [4.69, 9.17) is 10.8 Å². The van der Waals surface area contributed by atoms with Gasteiger partial charge in [0.25, 0.3) is 0 Å². The maximum atomic E-state index is 5.77. The van der Waals surface area contributed by atoms with Crippen molar-refractivity contribution in [2.75, 3.05) is 5.73 Å². The Labute approximate surface area is 121 Å². The van der Waals surface area contributed by atoms with Crippen LogP contribution in [0.5, 0.6) is 0 Å². The molecule has 0 unspecified atom stereocenters. The molecule has 0 amide bonds. The molecule has 0 saturated heterocycles. The molecule has 0 radical (unpaired) electrons. The van der Waals surface area contributed by atoms with Crippen molar-refractivity contribution in [3.05, 3.63) is 41.7 Å². The molecule has 2 N–H and O–H groups in total. The highest BCUT2D eigenvalue weighted by atomic mass is 15.3. The molecule has 0 aliphatic heterocycles. The number of hydrogen-bond acceptors (Lipinski definition) is 2. The Balaban J connectivity index is 2.62. The first-order chi connectivity index (χ1) is 9.09. The standard InChI is InChI=1S/C17H25N3/c1-16(2,3)14-11-15(17(4,5)6)20(19-14)13-9-7-12(18)8-10-13/h7-11H,18H2,1-6H3. The van der Waals surface area contributed by atoms with Crippen LogP contribution in [0.15, 0.2) is 30.3 Å². The van der Waals surface area contributed by atoms with Crippen LogP contribution in [-0.4, -0.2) is 9.78 Å². The van der Waals surface area contributed by atoms with Crippen LogP contribution in [0.4, 0.5) is 5.69 Å². The lowest BCUT2D eigenvalue weighted by atomic mass is 9.88. The predicted molar refractivity (Wildman–Crippen MR) is 85.4 cm³/mol. The molecule has 0 bridgehead atoms. The van der Waals surface area contributed by atoms with Crippen molar-refractivity contribution < 1.29 is 0 Å². The lowest BCUT2D eigenvalue weighted by molar-refractivity contribution is 0.537. The fourth-order valence-corrected chi connectivity index (χ4v) is 2.09. The molecule has 2 aromatic rings. The lowest BCUT2D eigenvalue weighted by Crippen LogP contribution is -2.17. The van der Waals surface area contributed by atoms with Crippen LogP contribution < -0.4 is 5.73 Å². The monoisotopic (exact) mass is 271 g/mol. The summed E-state index contributed by atoms with van der Waals surface area (Å²) in [7, 11) is 0. The molecule has 108 valence electrons. The topological polar surface area (TPSA) is 43.8 Å². The summed E-state index contributed by atoms with van der Waals surface area (Å²) >= 11 is 0. The lowest BCUT2D eigenvalue weighted by Gasteiger charge is -2.20. The molecular weight excluding hydrogens is 246 g/mol. The van der Waals surface area contributed by atoms with Gasteiger partial charge in [0.2, 0.25) is 0 Å². The maximum absolute atomic E-state index is 5.77. The zero-order chi connectivity index (χ0) is 15.1. The van der Waals surface area contributed by atoms with Crippen LogP contribution in [0, 0.1) is 0 Å². The molecule has 1 heterocycles. The van der Waals surface area contributed by atoms with E-state index in [-0.39, 0.29) is 10.8 Å². The highest BCUT2D eigenvalue weighted by Crippen LogP contribution is 2.30. The van der Waals surface area contributed by atoms with Gasteiger partial charge in [-0.1, -0.05) is 41.5 Å². The summed E-state index contributed by atoms with van der Waals surface area (Å²) in [5.74, 6) is 0. The van der Waals surface area contributed by atoms with E-state index < -0.39 is 0 Å². The van der Waals surface area contributed by atoms with Crippen molar-refractivity contribution in [1.29, 1.82) is 0 Å². The highest BCUT2D eigenvalue weighted by molar-refractivity contribution is 5.46. The maximum Gasteiger partial charge on any atom is 0.0685 e. The Hall–Kier alpha value is -1.77. The first kappa shape index (κ1) is 14.6. The minimum atomic E-state index is 0.0396. The second kappa shape index (κ2) is 4.65. The number of hydrogen-bond donors (Lipinski definition) is 1. The van der Waals surface area contributed by atoms with E-state index in [0.29, 0.717) is 0 Å². The van der Waals surface area contributed by atoms with Crippen LogP contribution in [0.1, 0.15) is 52.9 Å². The number of nitrogens with zero attached hydrogens (tertiary/aromatic N) is 2. The summed E-state index contributed by atoms with van der Waals surface area (Å²) < 4.78 is 2.04. The molecule has 2 rings (SSSR count). The molecular formula is C17H25N3. The van der Waals surface area contributed by atoms with Gasteiger partial charge in [-0.05, 0) is 30.3 Å². The van der Waals surface area contributed by atoms with Crippen molar-refractivity contribution in [3.8, 4) is 5.69 Å². The number of aromatic nitrogens is 2. The van der Waals surface area contributed by atoms with Crippen LogP contribution in [-0.2, 0) is 10.8 Å². The summed E-state index contributed by atoms with van der Waals surface area (Å²) in [6, 6.07) is 10.1. The number of rotatable bonds is 1. The van der Waals surface area contributed by atoms with Gasteiger partial charge in [-0.2, -0.15) is 5.10 Å². The van der Waals surface area contributed by atoms with Crippen molar-refractivity contribution in [1.82, 2.24) is 9.78 Å². The SMILES string of the molecule is CC(C)(C)c1cc(C(C)(C)C)n(-c2ccc(N)cc2)n1. The molecule has 0 atom stereocenters. The molecule has 0 fully saturated rings. The van der Waals surface area contributed by atoms with Gasteiger partial charge in [-0.3, -0.25) is 0 Å². The Morgan fingerprint density at radius 1 is 0.900 bits per heavy atom. The van der Waals surface area contributed by atoms with Gasteiger partial charge < -0.3 is 5.73 Å². The average Bonchev–Trinajstić information content (AvgIpc) is 2.74. The van der Waals surface area contributed by atoms with Crippen LogP contribution >= 0.6 is 0 Å². The van der Waals surface area contributed by atoms with Gasteiger partial charge >= 0.3 is 0 Å². The predicted octanol–water partition coefficient (Wildman–Crippen LogP) is 4.05. The normalized spacial score (nSPS) is 12.7. The third-order valence-corrected chi connectivity index (χ3v) is 3.38. The van der Waals surface area contributed by atoms with Crippen LogP contribution in [0.25, 0.3) is 5.69 Å². The van der Waals surface area contributed by atoms with Gasteiger partial charge in [0, 0.05) is 22.2 Å². The summed E-state index contributed by atoms with van der Waals surface area (Å²) in [4.78, 5) is 0. The number of nitrogens with two attached hydrogens (primary N) is 1. The van der Waals surface area contributed by atoms with Crippen molar-refractivity contribution in [2.24, 2.45) is 0 Å². The van der Waals surface area contributed by atoms with Crippen LogP contribution in [0.3, 0.4) is 0 Å². The van der Waals surface area contributed by atoms with E-state index in [1.165, 1.54) is 5.69 Å². The summed E-state index contributed by atoms with van der Waals surface area (Å²) in [6.07, 6.45) is 0. The van der Waals surface area contributed by atoms with Crippen LogP contribution in [0.2, 0.25) is 0 Å². The molecule has 0 saturated carbocycles. The van der Waals surface area contributed by atoms with E-state index in [9.17, 15) is 0 Å². The minimum absolute atomic E-state index is 0.0396. The Morgan fingerprint density at radius 3 is 1.90 bits per heavy atom. The van der Waals surface area contributed by atoms with Gasteiger partial charge in [-0.25, -0.2) is 4.68 Å². The van der Waals surface area contributed by atoms with Crippen molar-refractivity contribution in [2.45, 2.75) is 52.4 Å². The van der Waals surface area contributed by atoms with Gasteiger partial charge in [0.05, 0.1) is 11.4 Å². The zero-order valence-corrected chi connectivity index (χ0v) is 13.4. The molecule has 3 heteroatoms. The third kappa shape index (κ3) is 2.87. The smallest absolute Gasteiger partial charge is 0.0685 e. The number of anilines is 1. The van der Waals surface area contributed by atoms with E-state index in [1.807, 2.05) is 28.9 Å². The molecule has 3 nitrogen and oxygen atoms in total. The Morgan fingerprint density at radius 2 is 1.45 bits per heavy atom. The molecule has 1 aromatic carbocycles. The first-order valence-electron chi connectivity index (χ1n) is 7.06. The third-order valence-electron chi connectivity index (χ3n) is 3.38. The summed E-state index contributed by atoms with van der Waals surface area (Å²) in [6.45, 7) is 13.2. The Bertz CT molecular complexity index is 593. The van der Waals surface area contributed by atoms with E-state index >= 15 is 0 Å². The minimum Gasteiger partial charge on any atom is -0.399 e. The first-order valence-corrected chi connectivity index (χ1v) is 7.06. The quantitative estimate of drug-likeness (QED) is 0.795. The number of nitrogen functional groups attached to an aromatic ring is 1. The average molecular weight is 271 g/mol. The summed E-state index contributed by atoms with van der Waals surface area (Å²) in [5, 5.41) is 4.82. The fourth-order valence-electron chi connectivity index (χ4n) is 2.09. The zero-order valence-electron chi connectivity index (χ0n) is 13.4. The molecule has 20 heavy (non-hydrogen) atoms. The number of benzene rings is 1. The van der Waals surface area contributed by atoms with E-state index in [2.05, 4.69) is 47.6 Å². The van der Waals surface area contributed by atoms with Gasteiger partial charge in [0.1, 0.15) is 0 Å². The largest absolute Gasteiger partial charge is 0.399 e. The van der Waals surface area contributed by atoms with E-state index in [1.54, 1.807) is 0 Å². The Kier molecular flexibility index (Phi) is 3.41. The molecule has 0 spiro atoms. The van der Waals surface area contributed by atoms with Crippen molar-refractivity contribution >= 4 is 5.69 Å². The fraction of sp³-hybridized carbons (Fsp3) is 0.471. The van der Waals surface area contributed by atoms with Gasteiger partial charge in [0.15, 0.2) is 0 Å². The molecule has 0 aliphatic rings. The van der Waals surface area contributed by atoms with E-state index in [0.717, 1.165) is 17.1 Å². The second-order valence-corrected chi connectivity index (χ2v) is 7.42. The second-order valence-electron chi connectivity index (χ2n) is 7.42. The highest BCUT2D eigenvalue weighted by Gasteiger charge is 2.26. The van der Waals surface area contributed by atoms with Crippen molar-refractivity contribution in [3.63, 3.8) is 0 Å². The van der Waals surface area contributed by atoms with Gasteiger partial charge in [-0.15, -0.1) is 0 Å². The summed E-state index contributed by atoms with van der Waals surface area (Å²) in [5.41, 5.74) is 10.0. The molecule has 1 aromatic heterocycles.